The number of amides is 1. The summed E-state index contributed by atoms with van der Waals surface area (Å²) in [5.41, 5.74) is 8.79. The quantitative estimate of drug-likeness (QED) is 0.271. The van der Waals surface area contributed by atoms with Crippen molar-refractivity contribution in [3.8, 4) is 38.7 Å². The van der Waals surface area contributed by atoms with Crippen LogP contribution in [0.2, 0.25) is 0 Å². The first-order valence-corrected chi connectivity index (χ1v) is 13.1. The van der Waals surface area contributed by atoms with Crippen LogP contribution in [0.15, 0.2) is 53.1 Å². The number of ether oxygens (including phenoxy) is 3. The van der Waals surface area contributed by atoms with Gasteiger partial charge in [-0.25, -0.2) is 14.5 Å². The van der Waals surface area contributed by atoms with Crippen molar-refractivity contribution in [2.75, 3.05) is 14.2 Å². The van der Waals surface area contributed by atoms with E-state index in [0.29, 0.717) is 44.3 Å². The molecule has 0 unspecified atom stereocenters. The maximum absolute atomic E-state index is 11.4. The first kappa shape index (κ1) is 23.9. The molecule has 12 heteroatoms. The highest BCUT2D eigenvalue weighted by Gasteiger charge is 2.18. The molecule has 38 heavy (non-hydrogen) atoms. The molecule has 4 aromatic heterocycles. The molecule has 0 saturated carbocycles. The normalized spacial score (nSPS) is 11.3. The van der Waals surface area contributed by atoms with Gasteiger partial charge in [-0.15, -0.1) is 16.4 Å². The highest BCUT2D eigenvalue weighted by atomic mass is 32.1. The van der Waals surface area contributed by atoms with Crippen LogP contribution in [0.3, 0.4) is 0 Å². The van der Waals surface area contributed by atoms with Crippen molar-refractivity contribution in [2.45, 2.75) is 13.5 Å². The van der Waals surface area contributed by atoms with Gasteiger partial charge in [0.05, 0.1) is 31.5 Å². The molecule has 0 saturated heterocycles. The van der Waals surface area contributed by atoms with E-state index in [1.54, 1.807) is 48.4 Å². The standard InChI is InChI=1S/C26H21N5O5S2/c1-13-19(28-24(37-13)15-6-4-14(5-7-15)23(27)32)12-35-20-8-16(33-2)9-21-17(20)10-22(36-21)18-11-31-25(29-18)38-26(30-31)34-3/h4-11H,12H2,1-3H3,(H2,27,32). The van der Waals surface area contributed by atoms with Gasteiger partial charge in [-0.1, -0.05) is 12.1 Å². The highest BCUT2D eigenvalue weighted by Crippen LogP contribution is 2.38. The first-order chi connectivity index (χ1) is 18.4. The number of methoxy groups -OCH3 is 2. The van der Waals surface area contributed by atoms with Crippen molar-refractivity contribution in [2.24, 2.45) is 5.73 Å². The molecular weight excluding hydrogens is 526 g/mol. The van der Waals surface area contributed by atoms with Crippen LogP contribution in [0.25, 0.3) is 38.0 Å². The molecular formula is C26H21N5O5S2. The summed E-state index contributed by atoms with van der Waals surface area (Å²) in [6, 6.07) is 12.6. The van der Waals surface area contributed by atoms with Gasteiger partial charge in [-0.2, -0.15) is 0 Å². The lowest BCUT2D eigenvalue weighted by Gasteiger charge is -2.08. The summed E-state index contributed by atoms with van der Waals surface area (Å²) in [4.78, 5) is 22.5. The van der Waals surface area contributed by atoms with Crippen LogP contribution >= 0.6 is 22.7 Å². The number of imidazole rings is 1. The summed E-state index contributed by atoms with van der Waals surface area (Å²) in [7, 11) is 3.17. The number of hydrogen-bond acceptors (Lipinski definition) is 10. The molecule has 10 nitrogen and oxygen atoms in total. The minimum atomic E-state index is -0.461. The molecule has 0 aliphatic carbocycles. The van der Waals surface area contributed by atoms with Crippen molar-refractivity contribution in [1.29, 1.82) is 0 Å². The largest absolute Gasteiger partial charge is 0.496 e. The Bertz CT molecular complexity index is 1770. The zero-order chi connectivity index (χ0) is 26.4. The Kier molecular flexibility index (Phi) is 5.97. The van der Waals surface area contributed by atoms with E-state index in [9.17, 15) is 4.79 Å². The van der Waals surface area contributed by atoms with Crippen molar-refractivity contribution in [1.82, 2.24) is 19.6 Å². The van der Waals surface area contributed by atoms with E-state index in [1.807, 2.05) is 37.3 Å². The van der Waals surface area contributed by atoms with E-state index in [1.165, 1.54) is 11.3 Å². The van der Waals surface area contributed by atoms with E-state index in [4.69, 9.17) is 29.3 Å². The van der Waals surface area contributed by atoms with Gasteiger partial charge >= 0.3 is 0 Å². The van der Waals surface area contributed by atoms with Crippen LogP contribution < -0.4 is 19.9 Å². The zero-order valence-electron chi connectivity index (χ0n) is 20.5. The number of primary amides is 1. The minimum Gasteiger partial charge on any atom is -0.496 e. The van der Waals surface area contributed by atoms with Crippen molar-refractivity contribution >= 4 is 44.5 Å². The Morgan fingerprint density at radius 3 is 2.61 bits per heavy atom. The van der Waals surface area contributed by atoms with E-state index >= 15 is 0 Å². The molecule has 0 bridgehead atoms. The Balaban J connectivity index is 1.28. The third-order valence-electron chi connectivity index (χ3n) is 5.93. The average Bonchev–Trinajstić information content (AvgIpc) is 3.69. The molecule has 192 valence electrons. The number of nitrogens with zero attached hydrogens (tertiary/aromatic N) is 4. The molecule has 0 fully saturated rings. The second-order valence-corrected chi connectivity index (χ2v) is 10.4. The monoisotopic (exact) mass is 547 g/mol. The number of hydrogen-bond donors (Lipinski definition) is 1. The van der Waals surface area contributed by atoms with Crippen LogP contribution in [-0.2, 0) is 6.61 Å². The van der Waals surface area contributed by atoms with Crippen LogP contribution in [0.4, 0.5) is 0 Å². The molecule has 2 N–H and O–H groups in total. The van der Waals surface area contributed by atoms with Crippen LogP contribution in [0.1, 0.15) is 20.9 Å². The molecule has 6 aromatic rings. The van der Waals surface area contributed by atoms with Gasteiger partial charge in [0.15, 0.2) is 5.76 Å². The van der Waals surface area contributed by atoms with E-state index < -0.39 is 5.91 Å². The Morgan fingerprint density at radius 1 is 1.08 bits per heavy atom. The molecule has 0 aliphatic rings. The van der Waals surface area contributed by atoms with E-state index in [2.05, 4.69) is 10.1 Å². The highest BCUT2D eigenvalue weighted by molar-refractivity contribution is 7.18. The number of aromatic nitrogens is 4. The van der Waals surface area contributed by atoms with Crippen LogP contribution in [0.5, 0.6) is 16.7 Å². The summed E-state index contributed by atoms with van der Waals surface area (Å²) in [5, 5.41) is 6.48. The van der Waals surface area contributed by atoms with Gasteiger partial charge in [0, 0.05) is 28.1 Å². The van der Waals surface area contributed by atoms with E-state index in [0.717, 1.165) is 26.5 Å². The number of benzene rings is 2. The number of carbonyl (C=O) groups excluding carboxylic acids is 1. The van der Waals surface area contributed by atoms with Crippen LogP contribution in [-0.4, -0.2) is 39.7 Å². The minimum absolute atomic E-state index is 0.258. The van der Waals surface area contributed by atoms with Crippen molar-refractivity contribution < 1.29 is 23.4 Å². The first-order valence-electron chi connectivity index (χ1n) is 11.4. The summed E-state index contributed by atoms with van der Waals surface area (Å²) < 4.78 is 24.7. The molecule has 1 amide bonds. The predicted molar refractivity (Wildman–Crippen MR) is 144 cm³/mol. The third kappa shape index (κ3) is 4.33. The lowest BCUT2D eigenvalue weighted by atomic mass is 10.1. The lowest BCUT2D eigenvalue weighted by Crippen LogP contribution is -2.10. The van der Waals surface area contributed by atoms with Gasteiger partial charge in [-0.05, 0) is 36.5 Å². The molecule has 4 heterocycles. The fraction of sp³-hybridized carbons (Fsp3) is 0.154. The molecule has 0 radical (unpaired) electrons. The van der Waals surface area contributed by atoms with Crippen molar-refractivity contribution in [3.63, 3.8) is 0 Å². The predicted octanol–water partition coefficient (Wildman–Crippen LogP) is 5.33. The zero-order valence-corrected chi connectivity index (χ0v) is 22.2. The number of fused-ring (bicyclic) bond motifs is 2. The Hall–Kier alpha value is -4.42. The van der Waals surface area contributed by atoms with Crippen molar-refractivity contribution in [3.05, 3.63) is 64.8 Å². The number of furan rings is 1. The molecule has 6 rings (SSSR count). The Labute approximate surface area is 224 Å². The second-order valence-electron chi connectivity index (χ2n) is 8.33. The number of rotatable bonds is 8. The maximum Gasteiger partial charge on any atom is 0.294 e. The van der Waals surface area contributed by atoms with Gasteiger partial charge < -0.3 is 24.4 Å². The second kappa shape index (κ2) is 9.47. The van der Waals surface area contributed by atoms with Gasteiger partial charge in [0.2, 0.25) is 10.9 Å². The Morgan fingerprint density at radius 2 is 1.89 bits per heavy atom. The van der Waals surface area contributed by atoms with E-state index in [-0.39, 0.29) is 6.61 Å². The lowest BCUT2D eigenvalue weighted by molar-refractivity contribution is 0.100. The SMILES string of the molecule is COc1cc(OCc2nc(-c3ccc(C(N)=O)cc3)sc2C)c2cc(-c3cn4nc(OC)sc4n3)oc2c1. The molecule has 0 atom stereocenters. The smallest absolute Gasteiger partial charge is 0.294 e. The van der Waals surface area contributed by atoms with Gasteiger partial charge in [0.1, 0.15) is 34.4 Å². The summed E-state index contributed by atoms with van der Waals surface area (Å²) in [5.74, 6) is 1.34. The summed E-state index contributed by atoms with van der Waals surface area (Å²) in [6.07, 6.45) is 1.79. The maximum atomic E-state index is 11.4. The fourth-order valence-corrected chi connectivity index (χ4v) is 5.56. The number of aryl methyl sites for hydroxylation is 1. The number of thiazole rings is 1. The topological polar surface area (TPSA) is 127 Å². The summed E-state index contributed by atoms with van der Waals surface area (Å²) in [6.45, 7) is 2.26. The fourth-order valence-electron chi connectivity index (χ4n) is 3.94. The average molecular weight is 548 g/mol. The third-order valence-corrected chi connectivity index (χ3v) is 7.88. The molecule has 0 aliphatic heterocycles. The van der Waals surface area contributed by atoms with Gasteiger partial charge in [-0.3, -0.25) is 4.79 Å². The number of carbonyl (C=O) groups is 1. The van der Waals surface area contributed by atoms with Gasteiger partial charge in [0.25, 0.3) is 5.19 Å². The number of nitrogens with two attached hydrogens (primary N) is 1. The summed E-state index contributed by atoms with van der Waals surface area (Å²) >= 11 is 2.90. The molecule has 0 spiro atoms. The molecule has 2 aromatic carbocycles. The van der Waals surface area contributed by atoms with Crippen LogP contribution in [0, 0.1) is 6.92 Å².